The Balaban J connectivity index is 1.94. The molecule has 1 N–H and O–H groups in total. The third-order valence-corrected chi connectivity index (χ3v) is 4.66. The van der Waals surface area contributed by atoms with Crippen LogP contribution in [0.5, 0.6) is 5.75 Å². The van der Waals surface area contributed by atoms with Gasteiger partial charge < -0.3 is 15.0 Å². The van der Waals surface area contributed by atoms with Crippen molar-refractivity contribution in [2.75, 3.05) is 32.8 Å². The Morgan fingerprint density at radius 3 is 2.65 bits per heavy atom. The molecule has 1 aliphatic rings. The lowest BCUT2D eigenvalue weighted by Gasteiger charge is -2.38. The zero-order valence-electron chi connectivity index (χ0n) is 17.0. The van der Waals surface area contributed by atoms with Crippen LogP contribution >= 0.6 is 0 Å². The number of ether oxygens (including phenoxy) is 1. The van der Waals surface area contributed by atoms with Crippen molar-refractivity contribution < 1.29 is 9.53 Å². The topological polar surface area (TPSA) is 54.5 Å². The number of piperidine rings is 1. The molecule has 0 bridgehead atoms. The van der Waals surface area contributed by atoms with E-state index in [1.54, 1.807) is 6.20 Å². The Kier molecular flexibility index (Phi) is 7.88. The minimum Gasteiger partial charge on any atom is -0.492 e. The fraction of sp³-hybridized carbons (Fsp3) is 0.714. The van der Waals surface area contributed by atoms with E-state index in [1.807, 2.05) is 19.1 Å². The second-order valence-electron chi connectivity index (χ2n) is 8.50. The number of nitrogens with zero attached hydrogens (tertiary/aromatic N) is 2. The Bertz CT molecular complexity index is 557. The zero-order valence-corrected chi connectivity index (χ0v) is 17.0. The van der Waals surface area contributed by atoms with E-state index in [1.165, 1.54) is 0 Å². The molecule has 0 aliphatic carbocycles. The van der Waals surface area contributed by atoms with Gasteiger partial charge in [0.25, 0.3) is 0 Å². The van der Waals surface area contributed by atoms with Gasteiger partial charge in [0.05, 0.1) is 18.7 Å². The highest BCUT2D eigenvalue weighted by Gasteiger charge is 2.32. The molecule has 0 spiro atoms. The minimum atomic E-state index is 0.0472. The second-order valence-corrected chi connectivity index (χ2v) is 8.50. The van der Waals surface area contributed by atoms with Crippen molar-refractivity contribution in [3.8, 4) is 5.75 Å². The van der Waals surface area contributed by atoms with Gasteiger partial charge in [-0.3, -0.25) is 9.78 Å². The van der Waals surface area contributed by atoms with Crippen LogP contribution in [0.15, 0.2) is 18.3 Å². The first-order chi connectivity index (χ1) is 12.3. The first-order valence-corrected chi connectivity index (χ1v) is 9.89. The SMILES string of the molecule is Cc1ccc(OC[C@H]2C[C@@H](C(=O)NCC(C)C)CN(CC(C)C)C2)cn1. The zero-order chi connectivity index (χ0) is 19.1. The molecule has 1 fully saturated rings. The van der Waals surface area contributed by atoms with Gasteiger partial charge in [-0.15, -0.1) is 0 Å². The summed E-state index contributed by atoms with van der Waals surface area (Å²) in [6.45, 7) is 14.9. The molecule has 2 rings (SSSR count). The normalized spacial score (nSPS) is 21.2. The molecule has 1 aliphatic heterocycles. The molecule has 146 valence electrons. The number of nitrogens with one attached hydrogen (secondary N) is 1. The van der Waals surface area contributed by atoms with E-state index in [-0.39, 0.29) is 11.8 Å². The van der Waals surface area contributed by atoms with Crippen molar-refractivity contribution in [1.82, 2.24) is 15.2 Å². The summed E-state index contributed by atoms with van der Waals surface area (Å²) >= 11 is 0. The predicted octanol–water partition coefficient (Wildman–Crippen LogP) is 3.14. The van der Waals surface area contributed by atoms with Crippen LogP contribution in [0.2, 0.25) is 0 Å². The first-order valence-electron chi connectivity index (χ1n) is 9.89. The van der Waals surface area contributed by atoms with Crippen LogP contribution in [-0.2, 0) is 4.79 Å². The number of aromatic nitrogens is 1. The quantitative estimate of drug-likeness (QED) is 0.773. The third kappa shape index (κ3) is 6.94. The molecule has 0 radical (unpaired) electrons. The highest BCUT2D eigenvalue weighted by Crippen LogP contribution is 2.24. The van der Waals surface area contributed by atoms with E-state index in [4.69, 9.17) is 4.74 Å². The number of rotatable bonds is 8. The largest absolute Gasteiger partial charge is 0.492 e. The molecule has 5 nitrogen and oxygen atoms in total. The number of hydrogen-bond acceptors (Lipinski definition) is 4. The number of amides is 1. The van der Waals surface area contributed by atoms with E-state index < -0.39 is 0 Å². The van der Waals surface area contributed by atoms with Crippen LogP contribution in [0.25, 0.3) is 0 Å². The number of aryl methyl sites for hydroxylation is 1. The maximum absolute atomic E-state index is 12.6. The van der Waals surface area contributed by atoms with Gasteiger partial charge in [-0.1, -0.05) is 27.7 Å². The summed E-state index contributed by atoms with van der Waals surface area (Å²) in [4.78, 5) is 19.3. The lowest BCUT2D eigenvalue weighted by molar-refractivity contribution is -0.128. The van der Waals surface area contributed by atoms with Crippen LogP contribution in [0.3, 0.4) is 0 Å². The second kappa shape index (κ2) is 9.91. The molecule has 1 aromatic rings. The summed E-state index contributed by atoms with van der Waals surface area (Å²) in [5.41, 5.74) is 0.986. The van der Waals surface area contributed by atoms with E-state index in [9.17, 15) is 4.79 Å². The van der Waals surface area contributed by atoms with Crippen LogP contribution in [0, 0.1) is 30.6 Å². The summed E-state index contributed by atoms with van der Waals surface area (Å²) in [7, 11) is 0. The van der Waals surface area contributed by atoms with Gasteiger partial charge in [0, 0.05) is 37.8 Å². The van der Waals surface area contributed by atoms with Gasteiger partial charge in [0.2, 0.25) is 5.91 Å². The van der Waals surface area contributed by atoms with Crippen LogP contribution in [0.4, 0.5) is 0 Å². The molecule has 0 unspecified atom stereocenters. The van der Waals surface area contributed by atoms with Crippen molar-refractivity contribution in [2.45, 2.75) is 41.0 Å². The summed E-state index contributed by atoms with van der Waals surface area (Å²) in [5, 5.41) is 3.11. The molecule has 1 saturated heterocycles. The number of likely N-dealkylation sites (tertiary alicyclic amines) is 1. The van der Waals surface area contributed by atoms with Gasteiger partial charge in [-0.2, -0.15) is 0 Å². The average molecular weight is 362 g/mol. The number of carbonyl (C=O) groups excluding carboxylic acids is 1. The van der Waals surface area contributed by atoms with Crippen molar-refractivity contribution in [1.29, 1.82) is 0 Å². The van der Waals surface area contributed by atoms with E-state index in [2.05, 4.69) is 42.9 Å². The molecule has 1 aromatic heterocycles. The molecule has 0 saturated carbocycles. The van der Waals surface area contributed by atoms with Crippen molar-refractivity contribution in [2.24, 2.45) is 23.7 Å². The van der Waals surface area contributed by atoms with Gasteiger partial charge in [-0.05, 0) is 37.3 Å². The standard InChI is InChI=1S/C21H35N3O2/c1-15(2)9-23-21(25)19-8-18(12-24(13-19)11-16(3)4)14-26-20-7-6-17(5)22-10-20/h6-7,10,15-16,18-19H,8-9,11-14H2,1-5H3,(H,23,25)/t18-,19+/m0/s1. The Morgan fingerprint density at radius 1 is 1.27 bits per heavy atom. The van der Waals surface area contributed by atoms with Gasteiger partial charge in [-0.25, -0.2) is 0 Å². The highest BCUT2D eigenvalue weighted by atomic mass is 16.5. The van der Waals surface area contributed by atoms with Gasteiger partial charge in [0.1, 0.15) is 5.75 Å². The lowest BCUT2D eigenvalue weighted by Crippen LogP contribution is -2.49. The molecular weight excluding hydrogens is 326 g/mol. The third-order valence-electron chi connectivity index (χ3n) is 4.66. The maximum atomic E-state index is 12.6. The predicted molar refractivity (Wildman–Crippen MR) is 105 cm³/mol. The molecule has 2 atom stereocenters. The van der Waals surface area contributed by atoms with Crippen LogP contribution < -0.4 is 10.1 Å². The Morgan fingerprint density at radius 2 is 2.04 bits per heavy atom. The molecule has 0 aromatic carbocycles. The van der Waals surface area contributed by atoms with E-state index in [0.717, 1.165) is 44.0 Å². The molecule has 26 heavy (non-hydrogen) atoms. The van der Waals surface area contributed by atoms with Gasteiger partial charge >= 0.3 is 0 Å². The van der Waals surface area contributed by atoms with E-state index >= 15 is 0 Å². The molecule has 5 heteroatoms. The summed E-state index contributed by atoms with van der Waals surface area (Å²) < 4.78 is 5.96. The first kappa shape index (κ1) is 20.7. The van der Waals surface area contributed by atoms with Crippen LogP contribution in [0.1, 0.15) is 39.8 Å². The minimum absolute atomic E-state index is 0.0472. The number of hydrogen-bond donors (Lipinski definition) is 1. The fourth-order valence-corrected chi connectivity index (χ4v) is 3.48. The van der Waals surface area contributed by atoms with Crippen LogP contribution in [-0.4, -0.2) is 48.6 Å². The van der Waals surface area contributed by atoms with Crippen molar-refractivity contribution >= 4 is 5.91 Å². The fourth-order valence-electron chi connectivity index (χ4n) is 3.48. The molecule has 1 amide bonds. The molecular formula is C21H35N3O2. The monoisotopic (exact) mass is 361 g/mol. The number of carbonyl (C=O) groups is 1. The maximum Gasteiger partial charge on any atom is 0.224 e. The van der Waals surface area contributed by atoms with Crippen molar-refractivity contribution in [3.05, 3.63) is 24.0 Å². The number of pyridine rings is 1. The smallest absolute Gasteiger partial charge is 0.224 e. The summed E-state index contributed by atoms with van der Waals surface area (Å²) in [5.74, 6) is 2.47. The lowest BCUT2D eigenvalue weighted by atomic mass is 9.88. The summed E-state index contributed by atoms with van der Waals surface area (Å²) in [6.07, 6.45) is 2.66. The summed E-state index contributed by atoms with van der Waals surface area (Å²) in [6, 6.07) is 3.92. The Hall–Kier alpha value is -1.62. The average Bonchev–Trinajstić information content (AvgIpc) is 2.58. The van der Waals surface area contributed by atoms with Crippen molar-refractivity contribution in [3.63, 3.8) is 0 Å². The Labute approximate surface area is 158 Å². The highest BCUT2D eigenvalue weighted by molar-refractivity contribution is 5.79. The molecule has 2 heterocycles. The van der Waals surface area contributed by atoms with Gasteiger partial charge in [0.15, 0.2) is 0 Å². The van der Waals surface area contributed by atoms with E-state index in [0.29, 0.717) is 24.4 Å².